The van der Waals surface area contributed by atoms with E-state index in [1.165, 1.54) is 30.1 Å². The fourth-order valence-corrected chi connectivity index (χ4v) is 3.58. The Morgan fingerprint density at radius 1 is 1.30 bits per heavy atom. The summed E-state index contributed by atoms with van der Waals surface area (Å²) in [6.45, 7) is 1.62. The van der Waals surface area contributed by atoms with Crippen molar-refractivity contribution in [3.8, 4) is 0 Å². The molecular weight excluding hydrogens is 411 g/mol. The van der Waals surface area contributed by atoms with Crippen LogP contribution in [-0.2, 0) is 10.3 Å². The molecule has 0 fully saturated rings. The third kappa shape index (κ3) is 3.50. The van der Waals surface area contributed by atoms with Gasteiger partial charge in [0.05, 0.1) is 12.0 Å². The molecule has 1 atom stereocenters. The number of hydrogen-bond donors (Lipinski definition) is 2. The Bertz CT molecular complexity index is 1220. The summed E-state index contributed by atoms with van der Waals surface area (Å²) in [5.41, 5.74) is 5.63. The van der Waals surface area contributed by atoms with E-state index in [9.17, 15) is 14.0 Å². The van der Waals surface area contributed by atoms with Gasteiger partial charge in [0.2, 0.25) is 5.91 Å². The Kier molecular flexibility index (Phi) is 4.74. The predicted molar refractivity (Wildman–Crippen MR) is 112 cm³/mol. The quantitative estimate of drug-likeness (QED) is 0.661. The van der Waals surface area contributed by atoms with Gasteiger partial charge in [0.1, 0.15) is 11.4 Å². The molecule has 1 unspecified atom stereocenters. The van der Waals surface area contributed by atoms with E-state index in [4.69, 9.17) is 21.8 Å². The zero-order chi connectivity index (χ0) is 21.6. The van der Waals surface area contributed by atoms with Gasteiger partial charge in [0, 0.05) is 28.7 Å². The van der Waals surface area contributed by atoms with Crippen molar-refractivity contribution >= 4 is 46.0 Å². The highest BCUT2D eigenvalue weighted by Gasteiger charge is 2.38. The topological polar surface area (TPSA) is 101 Å². The molecule has 1 aliphatic heterocycles. The van der Waals surface area contributed by atoms with Gasteiger partial charge in [-0.1, -0.05) is 11.6 Å². The van der Waals surface area contributed by atoms with Gasteiger partial charge in [-0.3, -0.25) is 14.5 Å². The van der Waals surface area contributed by atoms with Gasteiger partial charge < -0.3 is 15.5 Å². The third-order valence-corrected chi connectivity index (χ3v) is 5.32. The minimum atomic E-state index is -1.19. The molecule has 0 saturated carbocycles. The van der Waals surface area contributed by atoms with Crippen molar-refractivity contribution < 1.29 is 18.4 Å². The van der Waals surface area contributed by atoms with Crippen molar-refractivity contribution in [2.75, 3.05) is 12.4 Å². The maximum atomic E-state index is 14.6. The van der Waals surface area contributed by atoms with Crippen molar-refractivity contribution in [2.24, 2.45) is 10.7 Å². The molecule has 0 saturated heterocycles. The number of anilines is 1. The number of nitrogens with two attached hydrogens (primary N) is 1. The lowest BCUT2D eigenvalue weighted by Crippen LogP contribution is -2.47. The first-order valence-electron chi connectivity index (χ1n) is 9.09. The third-order valence-electron chi connectivity index (χ3n) is 5.08. The molecule has 2 aromatic carbocycles. The minimum Gasteiger partial charge on any atom is -0.451 e. The lowest BCUT2D eigenvalue weighted by Gasteiger charge is -2.34. The number of halogens is 2. The number of carbonyl (C=O) groups is 2. The van der Waals surface area contributed by atoms with Gasteiger partial charge in [-0.25, -0.2) is 9.38 Å². The number of fused-ring (bicyclic) bond motifs is 1. The molecular formula is C21H18ClFN4O3. The summed E-state index contributed by atoms with van der Waals surface area (Å²) in [7, 11) is 1.51. The summed E-state index contributed by atoms with van der Waals surface area (Å²) in [5.74, 6) is -1.25. The molecule has 4 rings (SSSR count). The van der Waals surface area contributed by atoms with Gasteiger partial charge >= 0.3 is 0 Å². The lowest BCUT2D eigenvalue weighted by molar-refractivity contribution is -0.128. The second-order valence-corrected chi connectivity index (χ2v) is 7.75. The van der Waals surface area contributed by atoms with Crippen molar-refractivity contribution in [3.63, 3.8) is 0 Å². The molecule has 1 aliphatic rings. The summed E-state index contributed by atoms with van der Waals surface area (Å²) in [6.07, 6.45) is -0.0527. The van der Waals surface area contributed by atoms with E-state index in [2.05, 4.69) is 10.3 Å². The smallest absolute Gasteiger partial charge is 0.291 e. The van der Waals surface area contributed by atoms with Crippen molar-refractivity contribution in [1.82, 2.24) is 4.90 Å². The number of benzene rings is 2. The number of hydrogen-bond acceptors (Lipinski definition) is 5. The fourth-order valence-electron chi connectivity index (χ4n) is 3.40. The number of aliphatic imine (C=N–C) groups is 1. The van der Waals surface area contributed by atoms with Crippen LogP contribution in [0.4, 0.5) is 10.1 Å². The van der Waals surface area contributed by atoms with Crippen molar-refractivity contribution in [2.45, 2.75) is 18.9 Å². The zero-order valence-electron chi connectivity index (χ0n) is 16.2. The summed E-state index contributed by atoms with van der Waals surface area (Å²) >= 11 is 5.96. The first kappa shape index (κ1) is 19.9. The van der Waals surface area contributed by atoms with Crippen LogP contribution in [0.25, 0.3) is 11.0 Å². The second-order valence-electron chi connectivity index (χ2n) is 7.31. The largest absolute Gasteiger partial charge is 0.451 e. The monoisotopic (exact) mass is 428 g/mol. The Labute approximate surface area is 176 Å². The van der Waals surface area contributed by atoms with Crippen LogP contribution in [0.3, 0.4) is 0 Å². The number of nitrogens with zero attached hydrogens (tertiary/aromatic N) is 2. The molecule has 2 heterocycles. The molecule has 0 aliphatic carbocycles. The average Bonchev–Trinajstić information content (AvgIpc) is 3.11. The first-order valence-corrected chi connectivity index (χ1v) is 9.46. The van der Waals surface area contributed by atoms with Gasteiger partial charge in [0.25, 0.3) is 5.91 Å². The van der Waals surface area contributed by atoms with Crippen molar-refractivity contribution in [3.05, 3.63) is 64.6 Å². The van der Waals surface area contributed by atoms with Crippen LogP contribution in [0.1, 0.15) is 29.5 Å². The number of rotatable bonds is 3. The summed E-state index contributed by atoms with van der Waals surface area (Å²) in [4.78, 5) is 30.4. The zero-order valence-corrected chi connectivity index (χ0v) is 17.0. The number of carbonyl (C=O) groups excluding carboxylic acids is 2. The summed E-state index contributed by atoms with van der Waals surface area (Å²) in [5, 5.41) is 3.90. The molecule has 30 heavy (non-hydrogen) atoms. The summed E-state index contributed by atoms with van der Waals surface area (Å²) < 4.78 is 20.2. The van der Waals surface area contributed by atoms with Crippen LogP contribution in [0.5, 0.6) is 0 Å². The Balaban J connectivity index is 1.64. The lowest BCUT2D eigenvalue weighted by atomic mass is 9.87. The highest BCUT2D eigenvalue weighted by molar-refractivity contribution is 6.31. The van der Waals surface area contributed by atoms with Crippen LogP contribution in [0, 0.1) is 5.82 Å². The standard InChI is InChI=1S/C21H18ClFN4O3/c1-21(10-18(28)27(2)20(24)26-21)14-9-13(4-5-15(14)23)25-19(29)17-8-11-7-12(22)3-6-16(11)30-17/h3-9H,10H2,1-2H3,(H2,24,26)(H,25,29). The Hall–Kier alpha value is -3.39. The van der Waals surface area contributed by atoms with E-state index in [1.54, 1.807) is 31.2 Å². The average molecular weight is 429 g/mol. The van der Waals surface area contributed by atoms with Crippen LogP contribution >= 0.6 is 11.6 Å². The number of amides is 2. The Morgan fingerprint density at radius 3 is 2.80 bits per heavy atom. The van der Waals surface area contributed by atoms with Crippen LogP contribution in [-0.4, -0.2) is 29.7 Å². The fraction of sp³-hybridized carbons (Fsp3) is 0.190. The van der Waals surface area contributed by atoms with Gasteiger partial charge in [-0.05, 0) is 49.4 Å². The molecule has 3 aromatic rings. The molecule has 2 amide bonds. The highest BCUT2D eigenvalue weighted by atomic mass is 35.5. The number of nitrogens with one attached hydrogen (secondary N) is 1. The van der Waals surface area contributed by atoms with Crippen LogP contribution in [0.15, 0.2) is 51.9 Å². The van der Waals surface area contributed by atoms with E-state index in [-0.39, 0.29) is 29.6 Å². The number of guanidine groups is 1. The van der Waals surface area contributed by atoms with E-state index >= 15 is 0 Å². The molecule has 0 spiro atoms. The second kappa shape index (κ2) is 7.14. The molecule has 0 bridgehead atoms. The van der Waals surface area contributed by atoms with Crippen molar-refractivity contribution in [1.29, 1.82) is 0 Å². The van der Waals surface area contributed by atoms with Crippen LogP contribution in [0.2, 0.25) is 5.02 Å². The maximum absolute atomic E-state index is 14.6. The van der Waals surface area contributed by atoms with E-state index < -0.39 is 17.3 Å². The normalized spacial score (nSPS) is 19.1. The minimum absolute atomic E-state index is 0.00326. The van der Waals surface area contributed by atoms with E-state index in [0.717, 1.165) is 0 Å². The Morgan fingerprint density at radius 2 is 2.07 bits per heavy atom. The molecule has 154 valence electrons. The number of furan rings is 1. The van der Waals surface area contributed by atoms with Crippen LogP contribution < -0.4 is 11.1 Å². The summed E-state index contributed by atoms with van der Waals surface area (Å²) in [6, 6.07) is 10.7. The SMILES string of the molecule is CN1C(=O)CC(C)(c2cc(NC(=O)c3cc4cc(Cl)ccc4o3)ccc2F)N=C1N. The highest BCUT2D eigenvalue weighted by Crippen LogP contribution is 2.36. The van der Waals surface area contributed by atoms with E-state index in [1.807, 2.05) is 0 Å². The molecule has 7 nitrogen and oxygen atoms in total. The van der Waals surface area contributed by atoms with Gasteiger partial charge in [-0.15, -0.1) is 0 Å². The predicted octanol–water partition coefficient (Wildman–Crippen LogP) is 3.87. The molecule has 0 radical (unpaired) electrons. The molecule has 9 heteroatoms. The molecule has 3 N–H and O–H groups in total. The van der Waals surface area contributed by atoms with Gasteiger partial charge in [0.15, 0.2) is 11.7 Å². The molecule has 1 aromatic heterocycles. The maximum Gasteiger partial charge on any atom is 0.291 e. The van der Waals surface area contributed by atoms with Gasteiger partial charge in [-0.2, -0.15) is 0 Å². The first-order chi connectivity index (χ1) is 14.2. The van der Waals surface area contributed by atoms with E-state index in [0.29, 0.717) is 21.7 Å².